The minimum absolute atomic E-state index is 0. The summed E-state index contributed by atoms with van der Waals surface area (Å²) < 4.78 is 29.8. The Labute approximate surface area is 206 Å². The van der Waals surface area contributed by atoms with Crippen molar-refractivity contribution in [2.24, 2.45) is 0 Å². The summed E-state index contributed by atoms with van der Waals surface area (Å²) >= 11 is 0. The van der Waals surface area contributed by atoms with Crippen molar-refractivity contribution in [2.45, 2.75) is 36.6 Å². The number of hydrogen-bond donors (Lipinski definition) is 1. The second-order valence-electron chi connectivity index (χ2n) is 8.83. The molecular formula is C26H29N5O3S. The minimum Gasteiger partial charge on any atom is -0.341 e. The molecule has 0 radical (unpaired) electrons. The molecule has 0 aliphatic carbocycles. The van der Waals surface area contributed by atoms with Crippen LogP contribution in [0.3, 0.4) is 0 Å². The van der Waals surface area contributed by atoms with Gasteiger partial charge in [-0.25, -0.2) is 18.4 Å². The van der Waals surface area contributed by atoms with Gasteiger partial charge in [0.15, 0.2) is 0 Å². The molecule has 182 valence electrons. The summed E-state index contributed by atoms with van der Waals surface area (Å²) in [6.07, 6.45) is 6.44. The van der Waals surface area contributed by atoms with Crippen LogP contribution in [0.1, 0.15) is 38.7 Å². The summed E-state index contributed by atoms with van der Waals surface area (Å²) in [5, 5.41) is 1.13. The lowest BCUT2D eigenvalue weighted by atomic mass is 9.89. The Morgan fingerprint density at radius 2 is 1.80 bits per heavy atom. The summed E-state index contributed by atoms with van der Waals surface area (Å²) in [5.74, 6) is 0.638. The molecule has 35 heavy (non-hydrogen) atoms. The Morgan fingerprint density at radius 3 is 2.51 bits per heavy atom. The topological polar surface area (TPSA) is 97.2 Å². The van der Waals surface area contributed by atoms with Crippen molar-refractivity contribution in [1.29, 1.82) is 0 Å². The molecule has 1 fully saturated rings. The number of nitrogens with zero attached hydrogens (tertiary/aromatic N) is 4. The normalized spacial score (nSPS) is 15.7. The molecule has 1 aliphatic rings. The zero-order valence-electron chi connectivity index (χ0n) is 19.4. The molecule has 0 bridgehead atoms. The molecule has 4 aromatic rings. The number of likely N-dealkylation sites (tertiary alicyclic amines) is 1. The minimum atomic E-state index is -3.72. The van der Waals surface area contributed by atoms with Gasteiger partial charge < -0.3 is 9.47 Å². The summed E-state index contributed by atoms with van der Waals surface area (Å²) in [6, 6.07) is 18.3. The van der Waals surface area contributed by atoms with Gasteiger partial charge in [0.1, 0.15) is 18.2 Å². The van der Waals surface area contributed by atoms with E-state index in [1.807, 2.05) is 59.0 Å². The summed E-state index contributed by atoms with van der Waals surface area (Å²) in [4.78, 5) is 23.0. The number of anilines is 1. The Balaban J connectivity index is 0.00000304. The van der Waals surface area contributed by atoms with Crippen molar-refractivity contribution in [3.8, 4) is 0 Å². The predicted octanol–water partition coefficient (Wildman–Crippen LogP) is 4.45. The highest BCUT2D eigenvalue weighted by molar-refractivity contribution is 7.92. The maximum Gasteiger partial charge on any atom is 0.263 e. The van der Waals surface area contributed by atoms with Crippen LogP contribution in [-0.2, 0) is 14.8 Å². The molecule has 0 unspecified atom stereocenters. The number of benzene rings is 2. The van der Waals surface area contributed by atoms with Gasteiger partial charge in [-0.3, -0.25) is 9.52 Å². The van der Waals surface area contributed by atoms with Gasteiger partial charge in [-0.2, -0.15) is 0 Å². The lowest BCUT2D eigenvalue weighted by Crippen LogP contribution is -2.41. The summed E-state index contributed by atoms with van der Waals surface area (Å²) in [7, 11) is -3.72. The van der Waals surface area contributed by atoms with Crippen molar-refractivity contribution < 1.29 is 14.6 Å². The first-order chi connectivity index (χ1) is 16.9. The average molecular weight is 492 g/mol. The monoisotopic (exact) mass is 491 g/mol. The highest BCUT2D eigenvalue weighted by Gasteiger charge is 2.28. The van der Waals surface area contributed by atoms with Crippen molar-refractivity contribution >= 4 is 32.7 Å². The molecule has 0 saturated carbocycles. The van der Waals surface area contributed by atoms with Crippen LogP contribution < -0.4 is 4.72 Å². The lowest BCUT2D eigenvalue weighted by molar-refractivity contribution is -0.135. The van der Waals surface area contributed by atoms with Crippen LogP contribution >= 0.6 is 0 Å². The number of piperidine rings is 1. The zero-order chi connectivity index (χ0) is 24.4. The van der Waals surface area contributed by atoms with Gasteiger partial charge in [-0.05, 0) is 67.0 Å². The SMILES string of the molecule is C[C@H](C(=O)N1CCC(c2ccc(S(=O)(=O)Nc3ccncn3)cc2)CC1)n1ccc2ccccc21.[HH]. The number of sulfonamides is 1. The average Bonchev–Trinajstić information content (AvgIpc) is 3.33. The number of para-hydroxylation sites is 1. The van der Waals surface area contributed by atoms with Crippen molar-refractivity contribution in [2.75, 3.05) is 17.8 Å². The van der Waals surface area contributed by atoms with Crippen molar-refractivity contribution in [3.05, 3.63) is 84.9 Å². The first-order valence-corrected chi connectivity index (χ1v) is 13.1. The molecular weight excluding hydrogens is 462 g/mol. The van der Waals surface area contributed by atoms with Gasteiger partial charge in [0.2, 0.25) is 5.91 Å². The number of aromatic nitrogens is 3. The van der Waals surface area contributed by atoms with Crippen LogP contribution in [0.2, 0.25) is 0 Å². The molecule has 3 heterocycles. The Kier molecular flexibility index (Phi) is 6.25. The smallest absolute Gasteiger partial charge is 0.263 e. The second-order valence-corrected chi connectivity index (χ2v) is 10.5. The quantitative estimate of drug-likeness (QED) is 0.430. The number of fused-ring (bicyclic) bond motifs is 1. The van der Waals surface area contributed by atoms with Gasteiger partial charge in [-0.1, -0.05) is 30.3 Å². The summed E-state index contributed by atoms with van der Waals surface area (Å²) in [5.41, 5.74) is 2.15. The fourth-order valence-corrected chi connectivity index (χ4v) is 5.73. The number of carbonyl (C=O) groups is 1. The first kappa shape index (κ1) is 23.0. The van der Waals surface area contributed by atoms with E-state index in [9.17, 15) is 13.2 Å². The van der Waals surface area contributed by atoms with Crippen LogP contribution in [0.5, 0.6) is 0 Å². The van der Waals surface area contributed by atoms with Crippen molar-refractivity contribution in [3.63, 3.8) is 0 Å². The van der Waals surface area contributed by atoms with Crippen LogP contribution in [0.15, 0.2) is 84.3 Å². The Morgan fingerprint density at radius 1 is 1.06 bits per heavy atom. The van der Waals surface area contributed by atoms with E-state index in [4.69, 9.17) is 0 Å². The van der Waals surface area contributed by atoms with Gasteiger partial charge in [-0.15, -0.1) is 0 Å². The molecule has 2 aromatic carbocycles. The van der Waals surface area contributed by atoms with Gasteiger partial charge in [0.05, 0.1) is 4.90 Å². The van der Waals surface area contributed by atoms with E-state index in [1.165, 1.54) is 18.6 Å². The van der Waals surface area contributed by atoms with E-state index in [2.05, 4.69) is 20.8 Å². The molecule has 5 rings (SSSR count). The van der Waals surface area contributed by atoms with E-state index in [0.29, 0.717) is 13.1 Å². The van der Waals surface area contributed by atoms with E-state index in [1.54, 1.807) is 12.1 Å². The lowest BCUT2D eigenvalue weighted by Gasteiger charge is -2.34. The third-order valence-corrected chi connectivity index (χ3v) is 8.06. The van der Waals surface area contributed by atoms with Crippen LogP contribution in [0.25, 0.3) is 10.9 Å². The Hall–Kier alpha value is -3.72. The number of hydrogen-bond acceptors (Lipinski definition) is 5. The first-order valence-electron chi connectivity index (χ1n) is 11.7. The van der Waals surface area contributed by atoms with Gasteiger partial charge in [0.25, 0.3) is 10.0 Å². The largest absolute Gasteiger partial charge is 0.341 e. The molecule has 9 heteroatoms. The van der Waals surface area contributed by atoms with Crippen LogP contribution in [0, 0.1) is 0 Å². The van der Waals surface area contributed by atoms with Gasteiger partial charge in [0, 0.05) is 32.4 Å². The predicted molar refractivity (Wildman–Crippen MR) is 137 cm³/mol. The summed E-state index contributed by atoms with van der Waals surface area (Å²) in [6.45, 7) is 3.32. The number of amides is 1. The molecule has 8 nitrogen and oxygen atoms in total. The van der Waals surface area contributed by atoms with E-state index < -0.39 is 10.0 Å². The molecule has 1 N–H and O–H groups in total. The molecule has 1 atom stereocenters. The Bertz CT molecular complexity index is 1430. The number of rotatable bonds is 6. The standard InChI is InChI=1S/C26H27N5O3S.H2/c1-19(31-17-13-22-4-2-3-5-24(22)31)26(32)30-15-11-21(12-16-30)20-6-8-23(9-7-20)35(33,34)29-25-10-14-27-18-28-25;/h2-10,13-14,17-19,21H,11-12,15-16H2,1H3,(H,27,28,29);1H/t19-;/m1./s1. The van der Waals surface area contributed by atoms with Crippen LogP contribution in [0.4, 0.5) is 5.82 Å². The molecule has 1 saturated heterocycles. The zero-order valence-corrected chi connectivity index (χ0v) is 20.2. The van der Waals surface area contributed by atoms with E-state index >= 15 is 0 Å². The van der Waals surface area contributed by atoms with E-state index in [0.717, 1.165) is 29.3 Å². The van der Waals surface area contributed by atoms with Crippen LogP contribution in [-0.4, -0.2) is 46.8 Å². The third kappa shape index (κ3) is 4.77. The highest BCUT2D eigenvalue weighted by Crippen LogP contribution is 2.30. The van der Waals surface area contributed by atoms with E-state index in [-0.39, 0.29) is 30.0 Å². The number of carbonyl (C=O) groups excluding carboxylic acids is 1. The van der Waals surface area contributed by atoms with Crippen molar-refractivity contribution in [1.82, 2.24) is 19.4 Å². The maximum atomic E-state index is 13.2. The molecule has 1 amide bonds. The molecule has 0 spiro atoms. The van der Waals surface area contributed by atoms with Gasteiger partial charge >= 0.3 is 0 Å². The maximum absolute atomic E-state index is 13.2. The third-order valence-electron chi connectivity index (χ3n) is 6.69. The second kappa shape index (κ2) is 9.50. The molecule has 2 aromatic heterocycles. The highest BCUT2D eigenvalue weighted by atomic mass is 32.2. The fraction of sp³-hybridized carbons (Fsp3) is 0.269. The fourth-order valence-electron chi connectivity index (χ4n) is 4.73. The number of nitrogens with one attached hydrogen (secondary N) is 1. The molecule has 1 aliphatic heterocycles.